The van der Waals surface area contributed by atoms with E-state index in [1.165, 1.54) is 6.08 Å². The number of benzene rings is 2. The molecule has 0 aliphatic heterocycles. The van der Waals surface area contributed by atoms with Crippen LogP contribution in [0.4, 0.5) is 5.69 Å². The van der Waals surface area contributed by atoms with Crippen molar-refractivity contribution in [2.75, 3.05) is 11.9 Å². The number of anilines is 1. The predicted molar refractivity (Wildman–Crippen MR) is 98.9 cm³/mol. The summed E-state index contributed by atoms with van der Waals surface area (Å²) in [5.41, 5.74) is 2.55. The maximum Gasteiger partial charge on any atom is 0.246 e. The van der Waals surface area contributed by atoms with Gasteiger partial charge in [0.15, 0.2) is 0 Å². The number of amides is 2. The summed E-state index contributed by atoms with van der Waals surface area (Å²) in [5.74, 6) is -0.624. The third-order valence-corrected chi connectivity index (χ3v) is 3.60. The number of carbonyl (C=O) groups is 2. The van der Waals surface area contributed by atoms with Crippen LogP contribution >= 0.6 is 0 Å². The van der Waals surface area contributed by atoms with E-state index in [2.05, 4.69) is 10.6 Å². The minimum absolute atomic E-state index is 0.0886. The van der Waals surface area contributed by atoms with Gasteiger partial charge in [-0.25, -0.2) is 0 Å². The highest BCUT2D eigenvalue weighted by Crippen LogP contribution is 2.10. The maximum absolute atomic E-state index is 12.1. The number of rotatable bonds is 7. The van der Waals surface area contributed by atoms with Crippen LogP contribution in [0.2, 0.25) is 0 Å². The molecule has 2 amide bonds. The Balaban J connectivity index is 1.84. The molecule has 1 unspecified atom stereocenters. The van der Waals surface area contributed by atoms with Crippen LogP contribution in [0.25, 0.3) is 6.08 Å². The molecule has 2 rings (SSSR count). The maximum atomic E-state index is 12.1. The Hall–Kier alpha value is -2.92. The first-order chi connectivity index (χ1) is 12.1. The Labute approximate surface area is 147 Å². The lowest BCUT2D eigenvalue weighted by molar-refractivity contribution is -0.123. The van der Waals surface area contributed by atoms with Crippen LogP contribution in [0, 0.1) is 0 Å². The molecule has 2 aromatic carbocycles. The van der Waals surface area contributed by atoms with E-state index < -0.39 is 6.04 Å². The Kier molecular flexibility index (Phi) is 6.92. The Morgan fingerprint density at radius 1 is 1.08 bits per heavy atom. The quantitative estimate of drug-likeness (QED) is 0.678. The van der Waals surface area contributed by atoms with Gasteiger partial charge in [-0.05, 0) is 42.7 Å². The van der Waals surface area contributed by atoms with E-state index in [1.807, 2.05) is 42.5 Å². The molecule has 0 radical (unpaired) electrons. The van der Waals surface area contributed by atoms with Crippen molar-refractivity contribution < 1.29 is 14.7 Å². The molecule has 2 aromatic rings. The van der Waals surface area contributed by atoms with Crippen molar-refractivity contribution in [3.63, 3.8) is 0 Å². The molecule has 0 fully saturated rings. The largest absolute Gasteiger partial charge is 0.396 e. The van der Waals surface area contributed by atoms with Crippen molar-refractivity contribution in [1.82, 2.24) is 5.32 Å². The minimum Gasteiger partial charge on any atom is -0.396 e. The monoisotopic (exact) mass is 338 g/mol. The molecule has 25 heavy (non-hydrogen) atoms. The van der Waals surface area contributed by atoms with Gasteiger partial charge in [-0.3, -0.25) is 9.59 Å². The highest BCUT2D eigenvalue weighted by molar-refractivity contribution is 5.99. The third-order valence-electron chi connectivity index (χ3n) is 3.60. The molecule has 0 heterocycles. The summed E-state index contributed by atoms with van der Waals surface area (Å²) in [7, 11) is 0. The molecule has 5 heteroatoms. The van der Waals surface area contributed by atoms with Crippen LogP contribution in [0.5, 0.6) is 0 Å². The van der Waals surface area contributed by atoms with Crippen molar-refractivity contribution >= 4 is 23.6 Å². The summed E-state index contributed by atoms with van der Waals surface area (Å²) < 4.78 is 0. The number of carbonyl (C=O) groups excluding carboxylic acids is 2. The van der Waals surface area contributed by atoms with Crippen LogP contribution in [-0.4, -0.2) is 29.6 Å². The van der Waals surface area contributed by atoms with Crippen molar-refractivity contribution in [2.45, 2.75) is 19.4 Å². The first-order valence-corrected chi connectivity index (χ1v) is 8.13. The summed E-state index contributed by atoms with van der Waals surface area (Å²) in [6, 6.07) is 16.0. The van der Waals surface area contributed by atoms with E-state index >= 15 is 0 Å². The van der Waals surface area contributed by atoms with E-state index in [0.29, 0.717) is 12.1 Å². The van der Waals surface area contributed by atoms with Crippen LogP contribution in [0.1, 0.15) is 18.1 Å². The van der Waals surface area contributed by atoms with E-state index in [-0.39, 0.29) is 18.4 Å². The van der Waals surface area contributed by atoms with Crippen LogP contribution in [-0.2, 0) is 16.0 Å². The summed E-state index contributed by atoms with van der Waals surface area (Å²) in [5, 5.41) is 14.3. The fraction of sp³-hybridized carbons (Fsp3) is 0.200. The zero-order valence-electron chi connectivity index (χ0n) is 14.1. The second-order valence-electron chi connectivity index (χ2n) is 5.63. The molecule has 0 aliphatic rings. The molecule has 0 saturated heterocycles. The molecule has 0 spiro atoms. The minimum atomic E-state index is -0.662. The second-order valence-corrected chi connectivity index (χ2v) is 5.63. The smallest absolute Gasteiger partial charge is 0.246 e. The van der Waals surface area contributed by atoms with E-state index in [0.717, 1.165) is 11.1 Å². The van der Waals surface area contributed by atoms with Crippen LogP contribution in [0.3, 0.4) is 0 Å². The van der Waals surface area contributed by atoms with Gasteiger partial charge in [-0.2, -0.15) is 0 Å². The molecule has 0 aromatic heterocycles. The molecule has 1 atom stereocenters. The average Bonchev–Trinajstić information content (AvgIpc) is 2.62. The number of aliphatic hydroxyl groups is 1. The number of hydrogen-bond acceptors (Lipinski definition) is 3. The normalized spacial score (nSPS) is 11.9. The number of nitrogens with one attached hydrogen (secondary N) is 2. The third kappa shape index (κ3) is 6.24. The fourth-order valence-corrected chi connectivity index (χ4v) is 2.20. The Bertz CT molecular complexity index is 724. The van der Waals surface area contributed by atoms with Gasteiger partial charge < -0.3 is 15.7 Å². The highest BCUT2D eigenvalue weighted by atomic mass is 16.3. The van der Waals surface area contributed by atoms with Gasteiger partial charge in [0.1, 0.15) is 6.04 Å². The standard InChI is InChI=1S/C20H22N2O3/c1-15(21-19(24)12-9-16-5-3-2-4-6-16)20(25)22-18-10-7-17(8-11-18)13-14-23/h2-12,15,23H,13-14H2,1H3,(H,21,24)(H,22,25). The van der Waals surface area contributed by atoms with Gasteiger partial charge in [0.25, 0.3) is 0 Å². The van der Waals surface area contributed by atoms with Gasteiger partial charge in [0.05, 0.1) is 0 Å². The zero-order valence-corrected chi connectivity index (χ0v) is 14.1. The van der Waals surface area contributed by atoms with Crippen molar-refractivity contribution in [2.24, 2.45) is 0 Å². The first-order valence-electron chi connectivity index (χ1n) is 8.13. The van der Waals surface area contributed by atoms with Gasteiger partial charge >= 0.3 is 0 Å². The molecule has 0 bridgehead atoms. The molecular weight excluding hydrogens is 316 g/mol. The van der Waals surface area contributed by atoms with E-state index in [9.17, 15) is 9.59 Å². The molecule has 5 nitrogen and oxygen atoms in total. The molecular formula is C20H22N2O3. The van der Waals surface area contributed by atoms with E-state index in [1.54, 1.807) is 25.1 Å². The van der Waals surface area contributed by atoms with Crippen molar-refractivity contribution in [3.05, 3.63) is 71.8 Å². The molecule has 0 aliphatic carbocycles. The molecule has 3 N–H and O–H groups in total. The van der Waals surface area contributed by atoms with Crippen LogP contribution < -0.4 is 10.6 Å². The van der Waals surface area contributed by atoms with Crippen molar-refractivity contribution in [3.8, 4) is 0 Å². The summed E-state index contributed by atoms with van der Waals surface area (Å²) >= 11 is 0. The SMILES string of the molecule is CC(NC(=O)C=Cc1ccccc1)C(=O)Nc1ccc(CCO)cc1. The van der Waals surface area contributed by atoms with Gasteiger partial charge in [-0.15, -0.1) is 0 Å². The fourth-order valence-electron chi connectivity index (χ4n) is 2.20. The highest BCUT2D eigenvalue weighted by Gasteiger charge is 2.14. The van der Waals surface area contributed by atoms with Gasteiger partial charge in [0, 0.05) is 18.4 Å². The Morgan fingerprint density at radius 2 is 1.76 bits per heavy atom. The van der Waals surface area contributed by atoms with Gasteiger partial charge in [-0.1, -0.05) is 42.5 Å². The molecule has 0 saturated carbocycles. The second kappa shape index (κ2) is 9.39. The zero-order chi connectivity index (χ0) is 18.1. The lowest BCUT2D eigenvalue weighted by Crippen LogP contribution is -2.40. The van der Waals surface area contributed by atoms with Gasteiger partial charge in [0.2, 0.25) is 11.8 Å². The first kappa shape index (κ1) is 18.4. The lowest BCUT2D eigenvalue weighted by Gasteiger charge is -2.13. The van der Waals surface area contributed by atoms with E-state index in [4.69, 9.17) is 5.11 Å². The van der Waals surface area contributed by atoms with Crippen LogP contribution in [0.15, 0.2) is 60.7 Å². The average molecular weight is 338 g/mol. The lowest BCUT2D eigenvalue weighted by atomic mass is 10.1. The number of aliphatic hydroxyl groups excluding tert-OH is 1. The molecule has 130 valence electrons. The predicted octanol–water partition coefficient (Wildman–Crippen LogP) is 2.38. The number of hydrogen-bond donors (Lipinski definition) is 3. The Morgan fingerprint density at radius 3 is 2.40 bits per heavy atom. The summed E-state index contributed by atoms with van der Waals surface area (Å²) in [6.45, 7) is 1.72. The summed E-state index contributed by atoms with van der Waals surface area (Å²) in [4.78, 5) is 24.0. The summed E-state index contributed by atoms with van der Waals surface area (Å²) in [6.07, 6.45) is 3.68. The van der Waals surface area contributed by atoms with Crippen molar-refractivity contribution in [1.29, 1.82) is 0 Å². The topological polar surface area (TPSA) is 78.4 Å².